The number of amides is 1. The third-order valence-electron chi connectivity index (χ3n) is 5.87. The van der Waals surface area contributed by atoms with E-state index in [-0.39, 0.29) is 18.4 Å². The lowest BCUT2D eigenvalue weighted by Gasteiger charge is -2.22. The van der Waals surface area contributed by atoms with E-state index < -0.39 is 5.91 Å². The van der Waals surface area contributed by atoms with Crippen LogP contribution in [0.15, 0.2) is 4.52 Å². The predicted molar refractivity (Wildman–Crippen MR) is 96.6 cm³/mol. The van der Waals surface area contributed by atoms with Crippen LogP contribution in [0.1, 0.15) is 101 Å². The van der Waals surface area contributed by atoms with Crippen LogP contribution in [0.5, 0.6) is 0 Å². The number of hydrogen-bond acceptors (Lipinski definition) is 6. The normalized spacial score (nSPS) is 22.9. The zero-order valence-corrected chi connectivity index (χ0v) is 15.6. The molecule has 2 aliphatic rings. The van der Waals surface area contributed by atoms with E-state index >= 15 is 0 Å². The van der Waals surface area contributed by atoms with Crippen molar-refractivity contribution in [2.45, 2.75) is 89.0 Å². The molecule has 7 nitrogen and oxygen atoms in total. The van der Waals surface area contributed by atoms with Crippen LogP contribution in [-0.2, 0) is 4.79 Å². The first-order valence-corrected chi connectivity index (χ1v) is 10.3. The molecule has 2 fully saturated rings. The largest absolute Gasteiger partial charge is 0.339 e. The fourth-order valence-electron chi connectivity index (χ4n) is 4.34. The second kappa shape index (κ2) is 10.0. The summed E-state index contributed by atoms with van der Waals surface area (Å²) in [5.41, 5.74) is 1.73. The summed E-state index contributed by atoms with van der Waals surface area (Å²) in [5.74, 6) is 1.51. The highest BCUT2D eigenvalue weighted by atomic mass is 16.5. The van der Waals surface area contributed by atoms with E-state index in [9.17, 15) is 4.79 Å². The molecule has 3 rings (SSSR count). The maximum Gasteiger partial charge on any atom is 0.244 e. The summed E-state index contributed by atoms with van der Waals surface area (Å²) >= 11 is 0. The van der Waals surface area contributed by atoms with E-state index in [4.69, 9.17) is 9.73 Å². The molecule has 7 heteroatoms. The third-order valence-corrected chi connectivity index (χ3v) is 5.87. The van der Waals surface area contributed by atoms with Crippen molar-refractivity contribution in [3.05, 3.63) is 11.7 Å². The lowest BCUT2D eigenvalue weighted by Crippen LogP contribution is -2.27. The first-order chi connectivity index (χ1) is 12.8. The molecule has 1 aliphatic heterocycles. The molecule has 26 heavy (non-hydrogen) atoms. The number of aromatic nitrogens is 2. The number of hydrogen-bond donors (Lipinski definition) is 3. The summed E-state index contributed by atoms with van der Waals surface area (Å²) in [6, 6.07) is 0.149. The minimum absolute atomic E-state index is 0.129. The van der Waals surface area contributed by atoms with Gasteiger partial charge in [-0.15, -0.1) is 0 Å². The van der Waals surface area contributed by atoms with Gasteiger partial charge < -0.3 is 9.84 Å². The molecular weight excluding hydrogens is 332 g/mol. The number of carbonyl (C=O) groups excluding carboxylic acids is 1. The fraction of sp³-hybridized carbons (Fsp3) is 0.842. The Kier molecular flexibility index (Phi) is 7.43. The summed E-state index contributed by atoms with van der Waals surface area (Å²) in [6.45, 7) is 0.978. The van der Waals surface area contributed by atoms with E-state index in [0.29, 0.717) is 11.7 Å². The van der Waals surface area contributed by atoms with Crippen LogP contribution in [0.2, 0.25) is 0 Å². The number of hydroxylamine groups is 1. The van der Waals surface area contributed by atoms with Crippen LogP contribution in [0.25, 0.3) is 0 Å². The molecule has 1 aromatic rings. The topological polar surface area (TPSA) is 100 Å². The van der Waals surface area contributed by atoms with E-state index in [1.54, 1.807) is 5.48 Å². The molecule has 0 radical (unpaired) electrons. The molecule has 1 saturated carbocycles. The van der Waals surface area contributed by atoms with Gasteiger partial charge in [-0.3, -0.25) is 10.0 Å². The molecule has 1 aromatic heterocycles. The van der Waals surface area contributed by atoms with E-state index in [1.165, 1.54) is 51.4 Å². The highest BCUT2D eigenvalue weighted by molar-refractivity contribution is 5.75. The molecule has 2 heterocycles. The molecule has 2 unspecified atom stereocenters. The highest BCUT2D eigenvalue weighted by Crippen LogP contribution is 2.31. The Morgan fingerprint density at radius 1 is 1.23 bits per heavy atom. The third kappa shape index (κ3) is 5.51. The first kappa shape index (κ1) is 19.3. The zero-order chi connectivity index (χ0) is 18.2. The van der Waals surface area contributed by atoms with Gasteiger partial charge in [0, 0.05) is 12.3 Å². The van der Waals surface area contributed by atoms with Crippen LogP contribution in [0, 0.1) is 5.92 Å². The van der Waals surface area contributed by atoms with Crippen molar-refractivity contribution in [2.75, 3.05) is 6.54 Å². The quantitative estimate of drug-likeness (QED) is 0.481. The standard InChI is InChI=1S/C19H32N4O3/c24-17(22-25)13-15(10-6-9-14-7-2-1-3-8-14)19-21-18(23-26-19)16-11-4-5-12-20-16/h14-16,20,25H,1-13H2,(H,22,24). The van der Waals surface area contributed by atoms with Gasteiger partial charge in [-0.1, -0.05) is 56.5 Å². The average Bonchev–Trinajstić information content (AvgIpc) is 3.19. The molecule has 0 spiro atoms. The average molecular weight is 364 g/mol. The SMILES string of the molecule is O=C(CC(CCCC1CCCCC1)c1nc(C2CCCCN2)no1)NO. The molecule has 1 aliphatic carbocycles. The lowest BCUT2D eigenvalue weighted by atomic mass is 9.84. The van der Waals surface area contributed by atoms with Gasteiger partial charge in [0.25, 0.3) is 0 Å². The van der Waals surface area contributed by atoms with Crippen molar-refractivity contribution >= 4 is 5.91 Å². The monoisotopic (exact) mass is 364 g/mol. The van der Waals surface area contributed by atoms with Crippen LogP contribution in [0.3, 0.4) is 0 Å². The molecule has 2 atom stereocenters. The summed E-state index contributed by atoms with van der Waals surface area (Å²) in [4.78, 5) is 16.3. The van der Waals surface area contributed by atoms with Crippen molar-refractivity contribution in [1.82, 2.24) is 20.9 Å². The summed E-state index contributed by atoms with van der Waals surface area (Å²) in [5, 5.41) is 16.5. The molecule has 146 valence electrons. The van der Waals surface area contributed by atoms with Crippen molar-refractivity contribution in [1.29, 1.82) is 0 Å². The van der Waals surface area contributed by atoms with Gasteiger partial charge in [-0.05, 0) is 31.7 Å². The molecule has 3 N–H and O–H groups in total. The van der Waals surface area contributed by atoms with Crippen molar-refractivity contribution in [3.8, 4) is 0 Å². The Labute approximate surface area is 155 Å². The maximum atomic E-state index is 11.7. The molecule has 0 bridgehead atoms. The predicted octanol–water partition coefficient (Wildman–Crippen LogP) is 3.61. The molecular formula is C19H32N4O3. The minimum atomic E-state index is -0.400. The maximum absolute atomic E-state index is 11.7. The number of carbonyl (C=O) groups is 1. The van der Waals surface area contributed by atoms with Crippen LogP contribution in [-0.4, -0.2) is 27.8 Å². The smallest absolute Gasteiger partial charge is 0.244 e. The van der Waals surface area contributed by atoms with Crippen LogP contribution < -0.4 is 10.8 Å². The van der Waals surface area contributed by atoms with Gasteiger partial charge in [-0.2, -0.15) is 4.98 Å². The van der Waals surface area contributed by atoms with Crippen LogP contribution in [0.4, 0.5) is 0 Å². The summed E-state index contributed by atoms with van der Waals surface area (Å²) in [6.07, 6.45) is 13.4. The molecule has 1 saturated heterocycles. The van der Waals surface area contributed by atoms with Gasteiger partial charge in [0.2, 0.25) is 11.8 Å². The minimum Gasteiger partial charge on any atom is -0.339 e. The molecule has 1 amide bonds. The Bertz CT molecular complexity index is 551. The van der Waals surface area contributed by atoms with Crippen molar-refractivity contribution < 1.29 is 14.5 Å². The highest BCUT2D eigenvalue weighted by Gasteiger charge is 2.26. The van der Waals surface area contributed by atoms with Crippen molar-refractivity contribution in [2.24, 2.45) is 5.92 Å². The van der Waals surface area contributed by atoms with Gasteiger partial charge in [0.15, 0.2) is 5.82 Å². The number of piperidine rings is 1. The summed E-state index contributed by atoms with van der Waals surface area (Å²) < 4.78 is 5.51. The Balaban J connectivity index is 1.57. The van der Waals surface area contributed by atoms with Gasteiger partial charge in [0.1, 0.15) is 0 Å². The van der Waals surface area contributed by atoms with E-state index in [2.05, 4.69) is 15.5 Å². The van der Waals surface area contributed by atoms with Crippen LogP contribution >= 0.6 is 0 Å². The zero-order valence-electron chi connectivity index (χ0n) is 15.6. The number of nitrogens with zero attached hydrogens (tertiary/aromatic N) is 2. The van der Waals surface area contributed by atoms with Gasteiger partial charge >= 0.3 is 0 Å². The Morgan fingerprint density at radius 3 is 2.77 bits per heavy atom. The van der Waals surface area contributed by atoms with E-state index in [0.717, 1.165) is 31.7 Å². The van der Waals surface area contributed by atoms with Crippen molar-refractivity contribution in [3.63, 3.8) is 0 Å². The lowest BCUT2D eigenvalue weighted by molar-refractivity contribution is -0.129. The van der Waals surface area contributed by atoms with Gasteiger partial charge in [-0.25, -0.2) is 5.48 Å². The number of rotatable bonds is 8. The summed E-state index contributed by atoms with van der Waals surface area (Å²) in [7, 11) is 0. The Hall–Kier alpha value is -1.47. The second-order valence-electron chi connectivity index (χ2n) is 7.86. The van der Waals surface area contributed by atoms with Gasteiger partial charge in [0.05, 0.1) is 6.04 Å². The number of nitrogens with one attached hydrogen (secondary N) is 2. The fourth-order valence-corrected chi connectivity index (χ4v) is 4.34. The van der Waals surface area contributed by atoms with E-state index in [1.807, 2.05) is 0 Å². The second-order valence-corrected chi connectivity index (χ2v) is 7.86. The first-order valence-electron chi connectivity index (χ1n) is 10.3. The molecule has 0 aromatic carbocycles. The Morgan fingerprint density at radius 2 is 2.04 bits per heavy atom.